The van der Waals surface area contributed by atoms with Crippen LogP contribution in [-0.4, -0.2) is 32.2 Å². The van der Waals surface area contributed by atoms with Crippen molar-refractivity contribution >= 4 is 36.7 Å². The van der Waals surface area contributed by atoms with Gasteiger partial charge < -0.3 is 0 Å². The van der Waals surface area contributed by atoms with Crippen molar-refractivity contribution in [3.63, 3.8) is 0 Å². The number of rotatable bonds is 3. The predicted molar refractivity (Wildman–Crippen MR) is 193 cm³/mol. The summed E-state index contributed by atoms with van der Waals surface area (Å²) in [5.74, 6) is 0. The molecule has 3 heterocycles. The Morgan fingerprint density at radius 3 is 1.34 bits per heavy atom. The fourth-order valence-corrected chi connectivity index (χ4v) is 9.60. The van der Waals surface area contributed by atoms with Crippen LogP contribution in [-0.2, 0) is 17.6 Å². The van der Waals surface area contributed by atoms with Crippen molar-refractivity contribution < 1.29 is 17.6 Å². The molecule has 5 nitrogen and oxygen atoms in total. The van der Waals surface area contributed by atoms with Crippen molar-refractivity contribution in [2.24, 2.45) is 0 Å². The fourth-order valence-electron chi connectivity index (χ4n) is 6.57. The first kappa shape index (κ1) is 29.4. The standard InChI is InChI=1S/C41H35N5.Pt/c1-30-31(2)39(33-14-8-6-9-15-33)41(40(32(30)3)34-16-10-7-11-17-34)46(37-20-12-18-35(26-37)44-24-22-42(4)28-44)38-21-13-19-36(27-38)45-25-23-43(5)29-45;/h6-25H,1-5H3;/q-2;. The maximum atomic E-state index is 3.89. The average Bonchev–Trinajstić information content (AvgIpc) is 3.66. The van der Waals surface area contributed by atoms with E-state index in [2.05, 4.69) is 193 Å². The minimum absolute atomic E-state index is 0.581. The molecule has 0 atom stereocenters. The molecule has 5 aromatic rings. The van der Waals surface area contributed by atoms with Crippen LogP contribution in [0.4, 0.5) is 28.4 Å². The third kappa shape index (κ3) is 4.89. The second-order valence-corrected chi connectivity index (χ2v) is 14.6. The van der Waals surface area contributed by atoms with E-state index in [4.69, 9.17) is 0 Å². The van der Waals surface area contributed by atoms with Crippen LogP contribution < -0.4 is 14.7 Å². The van der Waals surface area contributed by atoms with Crippen molar-refractivity contribution in [2.45, 2.75) is 20.8 Å². The monoisotopic (exact) mass is 792 g/mol. The molecule has 0 aromatic heterocycles. The number of anilines is 5. The van der Waals surface area contributed by atoms with Crippen LogP contribution >= 0.6 is 0 Å². The number of fused-ring (bicyclic) bond motifs is 8. The van der Waals surface area contributed by atoms with Gasteiger partial charge in [-0.1, -0.05) is 0 Å². The Labute approximate surface area is 285 Å². The summed E-state index contributed by atoms with van der Waals surface area (Å²) in [6, 6.07) is 42.5. The van der Waals surface area contributed by atoms with E-state index in [1.807, 2.05) is 0 Å². The third-order valence-corrected chi connectivity index (χ3v) is 12.9. The molecule has 4 bridgehead atoms. The quantitative estimate of drug-likeness (QED) is 0.170. The maximum absolute atomic E-state index is 3.89. The first-order valence-electron chi connectivity index (χ1n) is 15.7. The van der Waals surface area contributed by atoms with E-state index in [1.54, 1.807) is 0 Å². The molecule has 8 rings (SSSR count). The topological polar surface area (TPSA) is 16.2 Å². The molecule has 0 aliphatic carbocycles. The van der Waals surface area contributed by atoms with E-state index in [0.29, 0.717) is 0 Å². The Morgan fingerprint density at radius 1 is 0.468 bits per heavy atom. The van der Waals surface area contributed by atoms with Gasteiger partial charge in [-0.25, -0.2) is 0 Å². The Balaban J connectivity index is 1.51. The van der Waals surface area contributed by atoms with E-state index in [1.165, 1.54) is 47.2 Å². The second-order valence-electron chi connectivity index (χ2n) is 12.0. The van der Waals surface area contributed by atoms with Gasteiger partial charge in [0.2, 0.25) is 0 Å². The Bertz CT molecular complexity index is 2020. The molecule has 0 amide bonds. The van der Waals surface area contributed by atoms with E-state index >= 15 is 0 Å². The number of nitrogens with zero attached hydrogens (tertiary/aromatic N) is 5. The second kappa shape index (κ2) is 11.7. The molecule has 0 saturated carbocycles. The zero-order valence-electron chi connectivity index (χ0n) is 27.1. The van der Waals surface area contributed by atoms with Crippen LogP contribution in [0.3, 0.4) is 0 Å². The minimum atomic E-state index is -0.581. The van der Waals surface area contributed by atoms with E-state index in [9.17, 15) is 0 Å². The van der Waals surface area contributed by atoms with Gasteiger partial charge in [-0.05, 0) is 0 Å². The van der Waals surface area contributed by atoms with Gasteiger partial charge in [0.1, 0.15) is 0 Å². The molecule has 3 aliphatic rings. The van der Waals surface area contributed by atoms with Gasteiger partial charge in [-0.2, -0.15) is 0 Å². The molecular formula is C41H35N5Pt-2. The first-order valence-corrected chi connectivity index (χ1v) is 18.0. The Hall–Kier alpha value is -4.99. The molecule has 0 fully saturated rings. The SMILES string of the molecule is Cc1c(C)c(-c2ccccc2)c(N2c3[c-]c(ccc3)N3C=CN(C)[C]3=[Pt]=[C]3N(C)C=CN3c3[c-]c2ccc3)c(-c2ccccc2)c1C. The molecule has 5 aromatic carbocycles. The molecule has 236 valence electrons. The molecule has 3 aliphatic heterocycles. The van der Waals surface area contributed by atoms with Gasteiger partial charge in [0.25, 0.3) is 0 Å². The summed E-state index contributed by atoms with van der Waals surface area (Å²) in [5.41, 5.74) is 13.7. The van der Waals surface area contributed by atoms with Crippen molar-refractivity contribution in [1.29, 1.82) is 0 Å². The summed E-state index contributed by atoms with van der Waals surface area (Å²) in [6.07, 6.45) is 8.65. The van der Waals surface area contributed by atoms with E-state index < -0.39 is 17.6 Å². The summed E-state index contributed by atoms with van der Waals surface area (Å²) in [6.45, 7) is 6.79. The van der Waals surface area contributed by atoms with Crippen LogP contribution in [0, 0.1) is 32.9 Å². The number of hydrogen-bond acceptors (Lipinski definition) is 5. The normalized spacial score (nSPS) is 15.4. The molecule has 0 N–H and O–H groups in total. The van der Waals surface area contributed by atoms with Crippen LogP contribution in [0.1, 0.15) is 16.7 Å². The summed E-state index contributed by atoms with van der Waals surface area (Å²) in [4.78, 5) is 11.5. The molecule has 6 heteroatoms. The van der Waals surface area contributed by atoms with E-state index in [0.717, 1.165) is 28.4 Å². The van der Waals surface area contributed by atoms with Gasteiger partial charge in [0, 0.05) is 0 Å². The molecule has 0 saturated heterocycles. The third-order valence-electron chi connectivity index (χ3n) is 9.15. The van der Waals surface area contributed by atoms with Gasteiger partial charge in [0.05, 0.1) is 0 Å². The van der Waals surface area contributed by atoms with Crippen LogP contribution in [0.2, 0.25) is 0 Å². The van der Waals surface area contributed by atoms with Gasteiger partial charge in [0.15, 0.2) is 0 Å². The van der Waals surface area contributed by atoms with Crippen LogP contribution in [0.15, 0.2) is 122 Å². The first-order chi connectivity index (χ1) is 22.9. The summed E-state index contributed by atoms with van der Waals surface area (Å²) >= 11 is -0.581. The Morgan fingerprint density at radius 2 is 0.894 bits per heavy atom. The number of hydrogen-bond donors (Lipinski definition) is 0. The van der Waals surface area contributed by atoms with Crippen molar-refractivity contribution in [3.05, 3.63) is 151 Å². The molecular weight excluding hydrogens is 758 g/mol. The zero-order valence-corrected chi connectivity index (χ0v) is 29.4. The Kier molecular flexibility index (Phi) is 7.30. The van der Waals surface area contributed by atoms with Crippen LogP contribution in [0.25, 0.3) is 22.3 Å². The fraction of sp³-hybridized carbons (Fsp3) is 0.122. The van der Waals surface area contributed by atoms with Crippen molar-refractivity contribution in [1.82, 2.24) is 9.80 Å². The zero-order chi connectivity index (χ0) is 32.2. The van der Waals surface area contributed by atoms with Gasteiger partial charge in [-0.15, -0.1) is 0 Å². The van der Waals surface area contributed by atoms with Gasteiger partial charge >= 0.3 is 287 Å². The van der Waals surface area contributed by atoms with Crippen molar-refractivity contribution in [2.75, 3.05) is 28.8 Å². The average molecular weight is 793 g/mol. The van der Waals surface area contributed by atoms with Crippen molar-refractivity contribution in [3.8, 4) is 22.3 Å². The predicted octanol–water partition coefficient (Wildman–Crippen LogP) is 8.73. The van der Waals surface area contributed by atoms with Gasteiger partial charge in [-0.3, -0.25) is 0 Å². The molecule has 0 unspecified atom stereocenters. The summed E-state index contributed by atoms with van der Waals surface area (Å²) in [5, 5.41) is 0. The summed E-state index contributed by atoms with van der Waals surface area (Å²) in [7, 11) is 4.29. The van der Waals surface area contributed by atoms with E-state index in [-0.39, 0.29) is 0 Å². The molecule has 47 heavy (non-hydrogen) atoms. The molecule has 0 spiro atoms. The molecule has 0 radical (unpaired) electrons. The summed E-state index contributed by atoms with van der Waals surface area (Å²) < 4.78 is 2.54. The number of benzene rings is 5. The van der Waals surface area contributed by atoms with Crippen LogP contribution in [0.5, 0.6) is 0 Å².